The van der Waals surface area contributed by atoms with Gasteiger partial charge in [-0.25, -0.2) is 0 Å². The lowest BCUT2D eigenvalue weighted by Crippen LogP contribution is -2.16. The van der Waals surface area contributed by atoms with E-state index >= 15 is 0 Å². The second-order valence-electron chi connectivity index (χ2n) is 5.01. The summed E-state index contributed by atoms with van der Waals surface area (Å²) in [6.07, 6.45) is 4.36. The lowest BCUT2D eigenvalue weighted by molar-refractivity contribution is -0.116. The number of carbonyl (C=O) groups excluding carboxylic acids is 1. The molecule has 80 valence electrons. The summed E-state index contributed by atoms with van der Waals surface area (Å²) in [6.45, 7) is 8.46. The van der Waals surface area contributed by atoms with Crippen molar-refractivity contribution in [1.82, 2.24) is 0 Å². The van der Waals surface area contributed by atoms with Crippen molar-refractivity contribution in [3.05, 3.63) is 11.1 Å². The molecule has 1 aliphatic rings. The van der Waals surface area contributed by atoms with E-state index in [0.717, 1.165) is 18.3 Å². The third kappa shape index (κ3) is 2.97. The molecule has 0 saturated heterocycles. The topological polar surface area (TPSA) is 17.1 Å². The van der Waals surface area contributed by atoms with Gasteiger partial charge in [-0.1, -0.05) is 25.0 Å². The van der Waals surface area contributed by atoms with Crippen LogP contribution in [0.5, 0.6) is 0 Å². The van der Waals surface area contributed by atoms with Gasteiger partial charge in [0.2, 0.25) is 0 Å². The average Bonchev–Trinajstić information content (AvgIpc) is 2.07. The van der Waals surface area contributed by atoms with Gasteiger partial charge in [0.05, 0.1) is 0 Å². The van der Waals surface area contributed by atoms with E-state index in [1.54, 1.807) is 6.92 Å². The SMILES string of the molecule is CC(=O)CC1=C(C)CCC(C(C)C)C1. The summed E-state index contributed by atoms with van der Waals surface area (Å²) >= 11 is 0. The Morgan fingerprint density at radius 2 is 2.14 bits per heavy atom. The molecule has 0 bridgehead atoms. The molecule has 14 heavy (non-hydrogen) atoms. The summed E-state index contributed by atoms with van der Waals surface area (Å²) in [5.41, 5.74) is 2.89. The Balaban J connectivity index is 2.66. The van der Waals surface area contributed by atoms with E-state index in [0.29, 0.717) is 12.2 Å². The van der Waals surface area contributed by atoms with Crippen molar-refractivity contribution < 1.29 is 4.79 Å². The van der Waals surface area contributed by atoms with Crippen LogP contribution < -0.4 is 0 Å². The monoisotopic (exact) mass is 194 g/mol. The third-order valence-electron chi connectivity index (χ3n) is 3.41. The Kier molecular flexibility index (Phi) is 3.91. The number of Topliss-reactive ketones (excluding diaryl/α,β-unsaturated/α-hetero) is 1. The standard InChI is InChI=1S/C13H22O/c1-9(2)12-6-5-10(3)13(8-12)7-11(4)14/h9,12H,5-8H2,1-4H3. The molecule has 0 spiro atoms. The molecule has 0 saturated carbocycles. The normalized spacial score (nSPS) is 23.1. The van der Waals surface area contributed by atoms with E-state index in [4.69, 9.17) is 0 Å². The minimum absolute atomic E-state index is 0.309. The van der Waals surface area contributed by atoms with E-state index in [2.05, 4.69) is 20.8 Å². The van der Waals surface area contributed by atoms with Crippen LogP contribution in [-0.4, -0.2) is 5.78 Å². The van der Waals surface area contributed by atoms with Gasteiger partial charge in [0.15, 0.2) is 0 Å². The summed E-state index contributed by atoms with van der Waals surface area (Å²) < 4.78 is 0. The molecule has 1 rings (SSSR count). The van der Waals surface area contributed by atoms with Gasteiger partial charge < -0.3 is 0 Å². The molecular weight excluding hydrogens is 172 g/mol. The van der Waals surface area contributed by atoms with Gasteiger partial charge in [-0.15, -0.1) is 0 Å². The second-order valence-corrected chi connectivity index (χ2v) is 5.01. The van der Waals surface area contributed by atoms with Crippen molar-refractivity contribution >= 4 is 5.78 Å². The molecule has 1 atom stereocenters. The predicted molar refractivity (Wildman–Crippen MR) is 60.2 cm³/mol. The molecular formula is C13H22O. The minimum atomic E-state index is 0.309. The number of ketones is 1. The van der Waals surface area contributed by atoms with Crippen LogP contribution in [0.3, 0.4) is 0 Å². The lowest BCUT2D eigenvalue weighted by atomic mass is 9.77. The molecule has 0 heterocycles. The maximum absolute atomic E-state index is 11.1. The maximum Gasteiger partial charge on any atom is 0.133 e. The molecule has 1 unspecified atom stereocenters. The number of allylic oxidation sites excluding steroid dienone is 2. The zero-order valence-corrected chi connectivity index (χ0v) is 9.89. The van der Waals surface area contributed by atoms with Gasteiger partial charge in [0, 0.05) is 6.42 Å². The van der Waals surface area contributed by atoms with Crippen molar-refractivity contribution in [1.29, 1.82) is 0 Å². The third-order valence-corrected chi connectivity index (χ3v) is 3.41. The van der Waals surface area contributed by atoms with Crippen LogP contribution in [0.2, 0.25) is 0 Å². The van der Waals surface area contributed by atoms with Gasteiger partial charge in [0.25, 0.3) is 0 Å². The molecule has 0 amide bonds. The van der Waals surface area contributed by atoms with Crippen LogP contribution in [0.25, 0.3) is 0 Å². The summed E-state index contributed by atoms with van der Waals surface area (Å²) in [5, 5.41) is 0. The Bertz CT molecular complexity index is 248. The second kappa shape index (κ2) is 4.77. The van der Waals surface area contributed by atoms with Crippen molar-refractivity contribution in [2.75, 3.05) is 0 Å². The summed E-state index contributed by atoms with van der Waals surface area (Å²) in [4.78, 5) is 11.1. The Labute approximate surface area is 87.6 Å². The lowest BCUT2D eigenvalue weighted by Gasteiger charge is -2.28. The molecule has 0 aliphatic heterocycles. The van der Waals surface area contributed by atoms with E-state index in [1.807, 2.05) is 0 Å². The van der Waals surface area contributed by atoms with E-state index in [-0.39, 0.29) is 0 Å². The van der Waals surface area contributed by atoms with Gasteiger partial charge in [-0.3, -0.25) is 4.79 Å². The fraction of sp³-hybridized carbons (Fsp3) is 0.769. The summed E-state index contributed by atoms with van der Waals surface area (Å²) in [5.74, 6) is 1.86. The molecule has 0 fully saturated rings. The zero-order valence-electron chi connectivity index (χ0n) is 9.89. The van der Waals surface area contributed by atoms with Crippen LogP contribution in [-0.2, 0) is 4.79 Å². The van der Waals surface area contributed by atoms with Crippen LogP contribution >= 0.6 is 0 Å². The zero-order chi connectivity index (χ0) is 10.7. The largest absolute Gasteiger partial charge is 0.300 e. The first-order valence-corrected chi connectivity index (χ1v) is 5.67. The molecule has 0 aromatic heterocycles. The van der Waals surface area contributed by atoms with Crippen LogP contribution in [0.4, 0.5) is 0 Å². The van der Waals surface area contributed by atoms with Crippen LogP contribution in [0.15, 0.2) is 11.1 Å². The van der Waals surface area contributed by atoms with Crippen LogP contribution in [0, 0.1) is 11.8 Å². The number of carbonyl (C=O) groups is 1. The van der Waals surface area contributed by atoms with E-state index in [9.17, 15) is 4.79 Å². The highest BCUT2D eigenvalue weighted by Crippen LogP contribution is 2.35. The highest BCUT2D eigenvalue weighted by atomic mass is 16.1. The van der Waals surface area contributed by atoms with Crippen molar-refractivity contribution in [3.63, 3.8) is 0 Å². The minimum Gasteiger partial charge on any atom is -0.300 e. The van der Waals surface area contributed by atoms with Gasteiger partial charge >= 0.3 is 0 Å². The van der Waals surface area contributed by atoms with Gasteiger partial charge in [-0.05, 0) is 44.9 Å². The maximum atomic E-state index is 11.1. The summed E-state index contributed by atoms with van der Waals surface area (Å²) in [6, 6.07) is 0. The Morgan fingerprint density at radius 1 is 1.50 bits per heavy atom. The van der Waals surface area contributed by atoms with Crippen molar-refractivity contribution in [2.45, 2.75) is 53.4 Å². The van der Waals surface area contributed by atoms with Gasteiger partial charge in [-0.2, -0.15) is 0 Å². The smallest absolute Gasteiger partial charge is 0.133 e. The molecule has 1 heteroatoms. The van der Waals surface area contributed by atoms with Crippen LogP contribution in [0.1, 0.15) is 53.4 Å². The summed E-state index contributed by atoms with van der Waals surface area (Å²) in [7, 11) is 0. The van der Waals surface area contributed by atoms with Crippen molar-refractivity contribution in [3.8, 4) is 0 Å². The molecule has 1 nitrogen and oxygen atoms in total. The van der Waals surface area contributed by atoms with E-state index < -0.39 is 0 Å². The molecule has 0 radical (unpaired) electrons. The Hall–Kier alpha value is -0.590. The molecule has 0 aromatic rings. The number of hydrogen-bond donors (Lipinski definition) is 0. The fourth-order valence-corrected chi connectivity index (χ4v) is 2.26. The predicted octanol–water partition coefficient (Wildman–Crippen LogP) is 3.74. The molecule has 1 aliphatic carbocycles. The highest BCUT2D eigenvalue weighted by molar-refractivity contribution is 5.78. The Morgan fingerprint density at radius 3 is 2.64 bits per heavy atom. The molecule has 0 N–H and O–H groups in total. The first-order valence-electron chi connectivity index (χ1n) is 5.67. The quantitative estimate of drug-likeness (QED) is 0.625. The van der Waals surface area contributed by atoms with E-state index in [1.165, 1.54) is 24.0 Å². The van der Waals surface area contributed by atoms with Crippen molar-refractivity contribution in [2.24, 2.45) is 11.8 Å². The number of hydrogen-bond acceptors (Lipinski definition) is 1. The first kappa shape index (κ1) is 11.5. The fourth-order valence-electron chi connectivity index (χ4n) is 2.26. The molecule has 0 aromatic carbocycles. The highest BCUT2D eigenvalue weighted by Gasteiger charge is 2.21. The number of rotatable bonds is 3. The average molecular weight is 194 g/mol. The first-order chi connectivity index (χ1) is 6.50. The van der Waals surface area contributed by atoms with Gasteiger partial charge in [0.1, 0.15) is 5.78 Å².